The number of benzene rings is 2. The summed E-state index contributed by atoms with van der Waals surface area (Å²) in [6.07, 6.45) is 3.19. The van der Waals surface area contributed by atoms with Crippen molar-refractivity contribution in [2.24, 2.45) is 4.99 Å². The summed E-state index contributed by atoms with van der Waals surface area (Å²) >= 11 is 8.86. The highest BCUT2D eigenvalue weighted by molar-refractivity contribution is 7.98. The fraction of sp³-hybridized carbons (Fsp3) is 0.222. The van der Waals surface area contributed by atoms with Crippen molar-refractivity contribution >= 4 is 60.7 Å². The quantitative estimate of drug-likeness (QED) is 0.604. The normalized spacial score (nSPS) is 12.6. The van der Waals surface area contributed by atoms with Crippen LogP contribution >= 0.6 is 34.7 Å². The minimum atomic E-state index is -3.30. The van der Waals surface area contributed by atoms with Gasteiger partial charge in [0, 0.05) is 29.1 Å². The van der Waals surface area contributed by atoms with E-state index in [1.165, 1.54) is 17.6 Å². The SMILES string of the molecule is CSCCn1c(=NC(=O)c2ccc(Cl)cc2)sc2cc(S(C)(=O)=O)ccc21. The Hall–Kier alpha value is -1.61. The number of amides is 1. The largest absolute Gasteiger partial charge is 0.316 e. The van der Waals surface area contributed by atoms with E-state index in [4.69, 9.17) is 11.6 Å². The molecule has 9 heteroatoms. The Morgan fingerprint density at radius 3 is 2.56 bits per heavy atom. The molecule has 0 saturated carbocycles. The van der Waals surface area contributed by atoms with E-state index >= 15 is 0 Å². The third-order valence-corrected chi connectivity index (χ3v) is 6.88. The molecule has 0 atom stereocenters. The summed E-state index contributed by atoms with van der Waals surface area (Å²) in [5.74, 6) is 0.488. The lowest BCUT2D eigenvalue weighted by Gasteiger charge is -2.04. The van der Waals surface area contributed by atoms with Crippen LogP contribution in [0, 0.1) is 0 Å². The summed E-state index contributed by atoms with van der Waals surface area (Å²) in [7, 11) is -3.30. The number of thioether (sulfide) groups is 1. The Morgan fingerprint density at radius 2 is 1.93 bits per heavy atom. The molecule has 0 radical (unpaired) electrons. The zero-order chi connectivity index (χ0) is 19.6. The predicted octanol–water partition coefficient (Wildman–Crippen LogP) is 3.86. The Balaban J connectivity index is 2.14. The molecule has 0 aliphatic heterocycles. The molecule has 1 aromatic heterocycles. The maximum atomic E-state index is 12.5. The number of fused-ring (bicyclic) bond motifs is 1. The van der Waals surface area contributed by atoms with E-state index in [2.05, 4.69) is 4.99 Å². The monoisotopic (exact) mass is 440 g/mol. The fourth-order valence-electron chi connectivity index (χ4n) is 2.51. The molecule has 0 saturated heterocycles. The van der Waals surface area contributed by atoms with Gasteiger partial charge in [0.25, 0.3) is 5.91 Å². The number of carbonyl (C=O) groups excluding carboxylic acids is 1. The lowest BCUT2D eigenvalue weighted by atomic mass is 10.2. The Morgan fingerprint density at radius 1 is 1.22 bits per heavy atom. The van der Waals surface area contributed by atoms with Crippen molar-refractivity contribution in [3.8, 4) is 0 Å². The molecule has 0 unspecified atom stereocenters. The van der Waals surface area contributed by atoms with E-state index in [-0.39, 0.29) is 10.8 Å². The fourth-order valence-corrected chi connectivity index (χ4v) is 4.82. The van der Waals surface area contributed by atoms with Gasteiger partial charge in [0.2, 0.25) is 0 Å². The molecule has 3 rings (SSSR count). The van der Waals surface area contributed by atoms with Gasteiger partial charge in [-0.2, -0.15) is 16.8 Å². The van der Waals surface area contributed by atoms with Crippen LogP contribution in [-0.2, 0) is 16.4 Å². The number of halogens is 1. The van der Waals surface area contributed by atoms with Crippen molar-refractivity contribution in [2.45, 2.75) is 11.4 Å². The lowest BCUT2D eigenvalue weighted by molar-refractivity contribution is 0.0998. The van der Waals surface area contributed by atoms with E-state index in [1.807, 2.05) is 10.8 Å². The Bertz CT molecular complexity index is 1160. The maximum Gasteiger partial charge on any atom is 0.279 e. The number of aryl methyl sites for hydroxylation is 1. The van der Waals surface area contributed by atoms with Gasteiger partial charge in [-0.3, -0.25) is 4.79 Å². The molecule has 1 heterocycles. The van der Waals surface area contributed by atoms with Crippen LogP contribution in [0.4, 0.5) is 0 Å². The van der Waals surface area contributed by atoms with Crippen LogP contribution in [0.25, 0.3) is 10.2 Å². The molecule has 27 heavy (non-hydrogen) atoms. The standard InChI is InChI=1S/C18H17ClN2O3S3/c1-25-10-9-21-15-8-7-14(27(2,23)24)11-16(15)26-18(21)20-17(22)12-3-5-13(19)6-4-12/h3-8,11H,9-10H2,1-2H3. The summed E-state index contributed by atoms with van der Waals surface area (Å²) in [5, 5.41) is 0.553. The lowest BCUT2D eigenvalue weighted by Crippen LogP contribution is -2.18. The number of hydrogen-bond donors (Lipinski definition) is 0. The first-order valence-corrected chi connectivity index (χ1v) is 12.4. The van der Waals surface area contributed by atoms with Gasteiger partial charge >= 0.3 is 0 Å². The highest BCUT2D eigenvalue weighted by Gasteiger charge is 2.13. The third-order valence-electron chi connectivity index (χ3n) is 3.89. The number of nitrogens with zero attached hydrogens (tertiary/aromatic N) is 2. The highest BCUT2D eigenvalue weighted by Crippen LogP contribution is 2.22. The van der Waals surface area contributed by atoms with Crippen molar-refractivity contribution in [3.05, 3.63) is 57.9 Å². The Kier molecular flexibility index (Phi) is 6.10. The van der Waals surface area contributed by atoms with Crippen LogP contribution in [0.1, 0.15) is 10.4 Å². The van der Waals surface area contributed by atoms with Crippen molar-refractivity contribution < 1.29 is 13.2 Å². The second-order valence-corrected chi connectivity index (χ2v) is 10.3. The van der Waals surface area contributed by atoms with Crippen molar-refractivity contribution in [1.82, 2.24) is 4.57 Å². The topological polar surface area (TPSA) is 68.5 Å². The number of rotatable bonds is 5. The van der Waals surface area contributed by atoms with E-state index in [1.54, 1.807) is 54.2 Å². The smallest absolute Gasteiger partial charge is 0.279 e. The first-order chi connectivity index (χ1) is 12.8. The number of sulfone groups is 1. The van der Waals surface area contributed by atoms with Crippen LogP contribution < -0.4 is 4.80 Å². The molecule has 0 fully saturated rings. The average molecular weight is 441 g/mol. The minimum absolute atomic E-state index is 0.254. The second-order valence-electron chi connectivity index (χ2n) is 5.85. The number of hydrogen-bond acceptors (Lipinski definition) is 5. The van der Waals surface area contributed by atoms with Gasteiger partial charge in [0.15, 0.2) is 14.6 Å². The van der Waals surface area contributed by atoms with Gasteiger partial charge in [-0.05, 0) is 48.7 Å². The van der Waals surface area contributed by atoms with Crippen LogP contribution in [0.15, 0.2) is 52.4 Å². The molecule has 142 valence electrons. The molecular formula is C18H17ClN2O3S3. The molecule has 1 amide bonds. The van der Waals surface area contributed by atoms with E-state index < -0.39 is 9.84 Å². The van der Waals surface area contributed by atoms with Crippen LogP contribution in [-0.4, -0.2) is 37.2 Å². The first kappa shape index (κ1) is 20.1. The van der Waals surface area contributed by atoms with Gasteiger partial charge in [0.1, 0.15) is 0 Å². The van der Waals surface area contributed by atoms with Gasteiger partial charge in [-0.25, -0.2) is 8.42 Å². The molecule has 3 aromatic rings. The summed E-state index contributed by atoms with van der Waals surface area (Å²) in [4.78, 5) is 17.6. The zero-order valence-electron chi connectivity index (χ0n) is 14.7. The maximum absolute atomic E-state index is 12.5. The molecule has 0 bridgehead atoms. The van der Waals surface area contributed by atoms with E-state index in [0.717, 1.165) is 16.0 Å². The van der Waals surface area contributed by atoms with Crippen molar-refractivity contribution in [3.63, 3.8) is 0 Å². The summed E-state index contributed by atoms with van der Waals surface area (Å²) < 4.78 is 26.4. The van der Waals surface area contributed by atoms with Crippen LogP contribution in [0.5, 0.6) is 0 Å². The average Bonchev–Trinajstić information content (AvgIpc) is 2.96. The predicted molar refractivity (Wildman–Crippen MR) is 113 cm³/mol. The molecule has 5 nitrogen and oxygen atoms in total. The summed E-state index contributed by atoms with van der Waals surface area (Å²) in [5.41, 5.74) is 1.31. The molecule has 0 aliphatic carbocycles. The van der Waals surface area contributed by atoms with Crippen molar-refractivity contribution in [1.29, 1.82) is 0 Å². The van der Waals surface area contributed by atoms with Crippen LogP contribution in [0.2, 0.25) is 5.02 Å². The van der Waals surface area contributed by atoms with Gasteiger partial charge in [0.05, 0.1) is 15.1 Å². The molecule has 0 spiro atoms. The molecule has 0 N–H and O–H groups in total. The minimum Gasteiger partial charge on any atom is -0.316 e. The number of aromatic nitrogens is 1. The second kappa shape index (κ2) is 8.18. The van der Waals surface area contributed by atoms with Crippen LogP contribution in [0.3, 0.4) is 0 Å². The number of carbonyl (C=O) groups is 1. The van der Waals surface area contributed by atoms with Gasteiger partial charge in [-0.1, -0.05) is 22.9 Å². The summed E-state index contributed by atoms with van der Waals surface area (Å²) in [6, 6.07) is 11.6. The van der Waals surface area contributed by atoms with Gasteiger partial charge < -0.3 is 4.57 Å². The zero-order valence-corrected chi connectivity index (χ0v) is 17.9. The molecular weight excluding hydrogens is 424 g/mol. The number of thiazole rings is 1. The third kappa shape index (κ3) is 4.63. The Labute approximate surface area is 170 Å². The molecule has 2 aromatic carbocycles. The van der Waals surface area contributed by atoms with Crippen molar-refractivity contribution in [2.75, 3.05) is 18.3 Å². The highest BCUT2D eigenvalue weighted by atomic mass is 35.5. The van der Waals surface area contributed by atoms with E-state index in [0.29, 0.717) is 21.9 Å². The van der Waals surface area contributed by atoms with E-state index in [9.17, 15) is 13.2 Å². The molecule has 0 aliphatic rings. The summed E-state index contributed by atoms with van der Waals surface area (Å²) in [6.45, 7) is 0.673. The van der Waals surface area contributed by atoms with Gasteiger partial charge in [-0.15, -0.1) is 0 Å². The first-order valence-electron chi connectivity index (χ1n) is 7.96.